The van der Waals surface area contributed by atoms with Crippen molar-refractivity contribution in [3.8, 4) is 11.3 Å². The van der Waals surface area contributed by atoms with Gasteiger partial charge in [0.1, 0.15) is 6.54 Å². The smallest absolute Gasteiger partial charge is 0.323 e. The number of hydrogen-bond donors (Lipinski definition) is 1. The van der Waals surface area contributed by atoms with Gasteiger partial charge in [0.2, 0.25) is 0 Å². The first kappa shape index (κ1) is 15.7. The van der Waals surface area contributed by atoms with E-state index in [1.54, 1.807) is 31.5 Å². The van der Waals surface area contributed by atoms with Crippen molar-refractivity contribution in [2.24, 2.45) is 0 Å². The maximum atomic E-state index is 12.4. The Hall–Kier alpha value is -2.70. The third-order valence-electron chi connectivity index (χ3n) is 3.36. The molecule has 1 amide bonds. The molecular formula is C15H17N3O4. The van der Waals surface area contributed by atoms with Gasteiger partial charge in [-0.05, 0) is 25.5 Å². The Kier molecular flexibility index (Phi) is 4.88. The number of rotatable bonds is 6. The Morgan fingerprint density at radius 2 is 2.23 bits per heavy atom. The highest BCUT2D eigenvalue weighted by Gasteiger charge is 2.25. The van der Waals surface area contributed by atoms with Crippen LogP contribution in [0.1, 0.15) is 30.8 Å². The summed E-state index contributed by atoms with van der Waals surface area (Å²) in [5, 5.41) is 12.7. The van der Waals surface area contributed by atoms with Crippen molar-refractivity contribution in [1.29, 1.82) is 0 Å². The second-order valence-corrected chi connectivity index (χ2v) is 4.90. The zero-order valence-electron chi connectivity index (χ0n) is 12.4. The normalized spacial score (nSPS) is 11.9. The summed E-state index contributed by atoms with van der Waals surface area (Å²) in [6.45, 7) is 3.31. The maximum absolute atomic E-state index is 12.4. The van der Waals surface area contributed by atoms with E-state index in [9.17, 15) is 9.59 Å². The van der Waals surface area contributed by atoms with Crippen LogP contribution in [-0.4, -0.2) is 44.6 Å². The van der Waals surface area contributed by atoms with Crippen molar-refractivity contribution < 1.29 is 19.2 Å². The lowest BCUT2D eigenvalue weighted by Crippen LogP contribution is -2.41. The molecule has 0 radical (unpaired) electrons. The van der Waals surface area contributed by atoms with Gasteiger partial charge in [-0.25, -0.2) is 0 Å². The van der Waals surface area contributed by atoms with Crippen molar-refractivity contribution >= 4 is 11.9 Å². The van der Waals surface area contributed by atoms with Crippen LogP contribution in [0.2, 0.25) is 0 Å². The Morgan fingerprint density at radius 3 is 2.82 bits per heavy atom. The molecule has 2 rings (SSSR count). The molecule has 7 heteroatoms. The van der Waals surface area contributed by atoms with E-state index in [0.29, 0.717) is 17.7 Å². The molecule has 1 unspecified atom stereocenters. The van der Waals surface area contributed by atoms with Crippen LogP contribution in [0.15, 0.2) is 35.1 Å². The fraction of sp³-hybridized carbons (Fsp3) is 0.333. The molecule has 2 aromatic heterocycles. The monoisotopic (exact) mass is 303 g/mol. The van der Waals surface area contributed by atoms with Crippen molar-refractivity contribution in [3.63, 3.8) is 0 Å². The number of amides is 1. The molecule has 0 spiro atoms. The number of aliphatic carboxylic acids is 1. The molecule has 0 aliphatic carbocycles. The summed E-state index contributed by atoms with van der Waals surface area (Å²) < 4.78 is 5.16. The third-order valence-corrected chi connectivity index (χ3v) is 3.36. The molecule has 0 saturated heterocycles. The predicted molar refractivity (Wildman–Crippen MR) is 78.2 cm³/mol. The summed E-state index contributed by atoms with van der Waals surface area (Å²) in [5.74, 6) is -1.11. The topological polar surface area (TPSA) is 96.5 Å². The standard InChI is InChI=1S/C15H17N3O4/c1-3-10(2)18(9-14(19)20)15(21)12-7-13(22-17-12)11-5-4-6-16-8-11/h4-8,10H,3,9H2,1-2H3,(H,19,20). The second kappa shape index (κ2) is 6.84. The van der Waals surface area contributed by atoms with Gasteiger partial charge in [0.05, 0.1) is 0 Å². The average molecular weight is 303 g/mol. The van der Waals surface area contributed by atoms with Crippen LogP contribution in [0.3, 0.4) is 0 Å². The molecule has 1 atom stereocenters. The quantitative estimate of drug-likeness (QED) is 0.877. The van der Waals surface area contributed by atoms with E-state index in [0.717, 1.165) is 0 Å². The van der Waals surface area contributed by atoms with Gasteiger partial charge < -0.3 is 14.5 Å². The Bertz CT molecular complexity index is 654. The van der Waals surface area contributed by atoms with Gasteiger partial charge in [-0.15, -0.1) is 0 Å². The summed E-state index contributed by atoms with van der Waals surface area (Å²) in [6.07, 6.45) is 3.87. The molecule has 0 fully saturated rings. The van der Waals surface area contributed by atoms with Gasteiger partial charge in [0.25, 0.3) is 5.91 Å². The number of pyridine rings is 1. The Morgan fingerprint density at radius 1 is 1.45 bits per heavy atom. The minimum Gasteiger partial charge on any atom is -0.480 e. The van der Waals surface area contributed by atoms with Gasteiger partial charge in [-0.3, -0.25) is 14.6 Å². The molecule has 1 N–H and O–H groups in total. The molecule has 2 heterocycles. The first-order chi connectivity index (χ1) is 10.5. The van der Waals surface area contributed by atoms with Gasteiger partial charge >= 0.3 is 5.97 Å². The third kappa shape index (κ3) is 3.49. The lowest BCUT2D eigenvalue weighted by atomic mass is 10.2. The first-order valence-electron chi connectivity index (χ1n) is 6.92. The molecule has 2 aromatic rings. The zero-order chi connectivity index (χ0) is 16.1. The molecular weight excluding hydrogens is 286 g/mol. The molecule has 0 aliphatic heterocycles. The number of nitrogens with zero attached hydrogens (tertiary/aromatic N) is 3. The van der Waals surface area contributed by atoms with Gasteiger partial charge in [-0.1, -0.05) is 12.1 Å². The van der Waals surface area contributed by atoms with E-state index >= 15 is 0 Å². The van der Waals surface area contributed by atoms with Crippen molar-refractivity contribution in [1.82, 2.24) is 15.0 Å². The minimum atomic E-state index is -1.07. The highest BCUT2D eigenvalue weighted by molar-refractivity contribution is 5.95. The maximum Gasteiger partial charge on any atom is 0.323 e. The molecule has 116 valence electrons. The Labute approximate surface area is 127 Å². The molecule has 0 bridgehead atoms. The lowest BCUT2D eigenvalue weighted by molar-refractivity contribution is -0.138. The van der Waals surface area contributed by atoms with Crippen LogP contribution in [0.25, 0.3) is 11.3 Å². The van der Waals surface area contributed by atoms with E-state index in [1.807, 2.05) is 6.92 Å². The summed E-state index contributed by atoms with van der Waals surface area (Å²) in [5.41, 5.74) is 0.780. The van der Waals surface area contributed by atoms with Crippen LogP contribution < -0.4 is 0 Å². The molecule has 7 nitrogen and oxygen atoms in total. The SMILES string of the molecule is CCC(C)N(CC(=O)O)C(=O)c1cc(-c2cccnc2)on1. The van der Waals surface area contributed by atoms with Crippen LogP contribution in [0.4, 0.5) is 0 Å². The lowest BCUT2D eigenvalue weighted by Gasteiger charge is -2.25. The number of hydrogen-bond acceptors (Lipinski definition) is 5. The largest absolute Gasteiger partial charge is 0.480 e. The number of carbonyl (C=O) groups excluding carboxylic acids is 1. The van der Waals surface area contributed by atoms with Crippen molar-refractivity contribution in [2.45, 2.75) is 26.3 Å². The molecule has 0 saturated carbocycles. The summed E-state index contributed by atoms with van der Waals surface area (Å²) in [7, 11) is 0. The highest BCUT2D eigenvalue weighted by atomic mass is 16.5. The van der Waals surface area contributed by atoms with Crippen LogP contribution in [-0.2, 0) is 4.79 Å². The average Bonchev–Trinajstić information content (AvgIpc) is 3.02. The van der Waals surface area contributed by atoms with Gasteiger partial charge in [-0.2, -0.15) is 0 Å². The van der Waals surface area contributed by atoms with Crippen LogP contribution in [0.5, 0.6) is 0 Å². The number of carboxylic acids is 1. The highest BCUT2D eigenvalue weighted by Crippen LogP contribution is 2.20. The van der Waals surface area contributed by atoms with E-state index < -0.39 is 11.9 Å². The number of carboxylic acid groups (broad SMARTS) is 1. The zero-order valence-corrected chi connectivity index (χ0v) is 12.4. The van der Waals surface area contributed by atoms with Crippen molar-refractivity contribution in [3.05, 3.63) is 36.3 Å². The first-order valence-corrected chi connectivity index (χ1v) is 6.92. The van der Waals surface area contributed by atoms with Gasteiger partial charge in [0.15, 0.2) is 11.5 Å². The summed E-state index contributed by atoms with van der Waals surface area (Å²) in [6, 6.07) is 4.82. The van der Waals surface area contributed by atoms with E-state index in [-0.39, 0.29) is 18.3 Å². The summed E-state index contributed by atoms with van der Waals surface area (Å²) >= 11 is 0. The van der Waals surface area contributed by atoms with Gasteiger partial charge in [0, 0.05) is 30.1 Å². The van der Waals surface area contributed by atoms with Crippen molar-refractivity contribution in [2.75, 3.05) is 6.54 Å². The molecule has 22 heavy (non-hydrogen) atoms. The molecule has 0 aliphatic rings. The van der Waals surface area contributed by atoms with E-state index in [4.69, 9.17) is 9.63 Å². The summed E-state index contributed by atoms with van der Waals surface area (Å²) in [4.78, 5) is 28.6. The van der Waals surface area contributed by atoms with E-state index in [2.05, 4.69) is 10.1 Å². The van der Waals surface area contributed by atoms with Crippen LogP contribution in [0, 0.1) is 0 Å². The second-order valence-electron chi connectivity index (χ2n) is 4.90. The fourth-order valence-corrected chi connectivity index (χ4v) is 1.96. The number of carbonyl (C=O) groups is 2. The fourth-order valence-electron chi connectivity index (χ4n) is 1.96. The number of aromatic nitrogens is 2. The predicted octanol–water partition coefficient (Wildman–Crippen LogP) is 2.06. The van der Waals surface area contributed by atoms with Crippen LogP contribution >= 0.6 is 0 Å². The minimum absolute atomic E-state index is 0.0837. The van der Waals surface area contributed by atoms with E-state index in [1.165, 1.54) is 11.0 Å². The Balaban J connectivity index is 2.24. The molecule has 0 aromatic carbocycles.